The second kappa shape index (κ2) is 2.67. The van der Waals surface area contributed by atoms with Gasteiger partial charge in [-0.2, -0.15) is 5.10 Å². The van der Waals surface area contributed by atoms with Crippen molar-refractivity contribution < 1.29 is 0 Å². The van der Waals surface area contributed by atoms with Crippen molar-refractivity contribution in [2.24, 2.45) is 7.05 Å². The van der Waals surface area contributed by atoms with Crippen LogP contribution >= 0.6 is 0 Å². The third-order valence-corrected chi connectivity index (χ3v) is 2.05. The van der Waals surface area contributed by atoms with Gasteiger partial charge in [-0.05, 0) is 20.8 Å². The van der Waals surface area contributed by atoms with Gasteiger partial charge in [-0.25, -0.2) is 0 Å². The maximum Gasteiger partial charge on any atom is 0.0640 e. The van der Waals surface area contributed by atoms with Crippen molar-refractivity contribution in [3.05, 3.63) is 17.5 Å². The summed E-state index contributed by atoms with van der Waals surface area (Å²) in [6.07, 6.45) is 7.41. The molecule has 0 bridgehead atoms. The van der Waals surface area contributed by atoms with Crippen LogP contribution in [0.15, 0.2) is 6.20 Å². The van der Waals surface area contributed by atoms with Crippen LogP contribution in [0.2, 0.25) is 0 Å². The smallest absolute Gasteiger partial charge is 0.0640 e. The van der Waals surface area contributed by atoms with Crippen molar-refractivity contribution in [2.45, 2.75) is 26.2 Å². The highest BCUT2D eigenvalue weighted by atomic mass is 15.2. The quantitative estimate of drug-likeness (QED) is 0.574. The molecule has 0 fully saturated rings. The fourth-order valence-corrected chi connectivity index (χ4v) is 1.29. The minimum Gasteiger partial charge on any atom is -0.275 e. The van der Waals surface area contributed by atoms with E-state index < -0.39 is 0 Å². The van der Waals surface area contributed by atoms with E-state index in [1.165, 1.54) is 0 Å². The van der Waals surface area contributed by atoms with E-state index in [4.69, 9.17) is 6.42 Å². The lowest BCUT2D eigenvalue weighted by Gasteiger charge is -2.15. The molecule has 0 saturated heterocycles. The second-order valence-corrected chi connectivity index (χ2v) is 3.57. The predicted octanol–water partition coefficient (Wildman–Crippen LogP) is 1.64. The molecule has 1 rings (SSSR count). The average Bonchev–Trinajstić information content (AvgIpc) is 2.31. The van der Waals surface area contributed by atoms with Gasteiger partial charge in [-0.3, -0.25) is 4.68 Å². The van der Waals surface area contributed by atoms with Crippen molar-refractivity contribution in [1.29, 1.82) is 0 Å². The number of nitrogens with zero attached hydrogens (tertiary/aromatic N) is 2. The highest BCUT2D eigenvalue weighted by Crippen LogP contribution is 2.23. The number of hydrogen-bond donors (Lipinski definition) is 0. The summed E-state index contributed by atoms with van der Waals surface area (Å²) < 4.78 is 1.80. The van der Waals surface area contributed by atoms with Crippen LogP contribution < -0.4 is 0 Å². The van der Waals surface area contributed by atoms with E-state index in [-0.39, 0.29) is 5.41 Å². The van der Waals surface area contributed by atoms with Gasteiger partial charge in [0.1, 0.15) is 0 Å². The molecule has 0 aliphatic heterocycles. The van der Waals surface area contributed by atoms with Gasteiger partial charge in [0.2, 0.25) is 0 Å². The Kier molecular flexibility index (Phi) is 1.97. The molecule has 0 N–H and O–H groups in total. The molecule has 64 valence electrons. The minimum absolute atomic E-state index is 0.210. The lowest BCUT2D eigenvalue weighted by Crippen LogP contribution is -2.14. The predicted molar refractivity (Wildman–Crippen MR) is 49.8 cm³/mol. The first kappa shape index (κ1) is 8.86. The largest absolute Gasteiger partial charge is 0.275 e. The molecule has 2 nitrogen and oxygen atoms in total. The molecule has 1 aromatic rings. The van der Waals surface area contributed by atoms with Crippen LogP contribution in [0.25, 0.3) is 0 Å². The monoisotopic (exact) mass is 162 g/mol. The van der Waals surface area contributed by atoms with E-state index in [2.05, 4.69) is 11.0 Å². The fourth-order valence-electron chi connectivity index (χ4n) is 1.29. The molecule has 0 aliphatic rings. The molecule has 1 heterocycles. The van der Waals surface area contributed by atoms with Gasteiger partial charge in [-0.1, -0.05) is 5.92 Å². The summed E-state index contributed by atoms with van der Waals surface area (Å²) in [5, 5.41) is 4.25. The molecular weight excluding hydrogens is 148 g/mol. The van der Waals surface area contributed by atoms with Crippen molar-refractivity contribution in [2.75, 3.05) is 0 Å². The van der Waals surface area contributed by atoms with Gasteiger partial charge < -0.3 is 0 Å². The van der Waals surface area contributed by atoms with Crippen LogP contribution in [0, 0.1) is 19.3 Å². The van der Waals surface area contributed by atoms with Gasteiger partial charge >= 0.3 is 0 Å². The lowest BCUT2D eigenvalue weighted by atomic mass is 9.86. The first-order valence-electron chi connectivity index (χ1n) is 3.96. The first-order valence-corrected chi connectivity index (χ1v) is 3.96. The van der Waals surface area contributed by atoms with E-state index in [0.29, 0.717) is 0 Å². The van der Waals surface area contributed by atoms with Crippen LogP contribution in [-0.2, 0) is 12.5 Å². The van der Waals surface area contributed by atoms with Crippen molar-refractivity contribution in [3.63, 3.8) is 0 Å². The Hall–Kier alpha value is -1.23. The molecular formula is C10H14N2. The molecule has 0 amide bonds. The summed E-state index contributed by atoms with van der Waals surface area (Å²) in [5.74, 6) is 2.76. The van der Waals surface area contributed by atoms with E-state index in [1.807, 2.05) is 34.0 Å². The van der Waals surface area contributed by atoms with Gasteiger partial charge in [0, 0.05) is 18.8 Å². The van der Waals surface area contributed by atoms with E-state index in [0.717, 1.165) is 11.3 Å². The molecule has 0 radical (unpaired) electrons. The summed E-state index contributed by atoms with van der Waals surface area (Å²) >= 11 is 0. The Bertz CT molecular complexity index is 326. The standard InChI is InChI=1S/C10H14N2/c1-6-10(3,4)9-7-12(5)11-8(9)2/h1,7H,2-5H3. The summed E-state index contributed by atoms with van der Waals surface area (Å²) in [6, 6.07) is 0. The zero-order valence-electron chi connectivity index (χ0n) is 8.05. The van der Waals surface area contributed by atoms with E-state index in [1.54, 1.807) is 4.68 Å². The molecule has 0 aromatic carbocycles. The van der Waals surface area contributed by atoms with Crippen LogP contribution in [0.1, 0.15) is 25.1 Å². The van der Waals surface area contributed by atoms with Crippen LogP contribution in [-0.4, -0.2) is 9.78 Å². The molecule has 0 atom stereocenters. The summed E-state index contributed by atoms with van der Waals surface area (Å²) in [7, 11) is 1.91. The Balaban J connectivity index is 3.21. The third-order valence-electron chi connectivity index (χ3n) is 2.05. The molecule has 0 aliphatic carbocycles. The average molecular weight is 162 g/mol. The Morgan fingerprint density at radius 3 is 2.50 bits per heavy atom. The normalized spacial score (nSPS) is 11.2. The topological polar surface area (TPSA) is 17.8 Å². The molecule has 0 saturated carbocycles. The Morgan fingerprint density at radius 1 is 1.58 bits per heavy atom. The number of aryl methyl sites for hydroxylation is 2. The summed E-state index contributed by atoms with van der Waals surface area (Å²) in [6.45, 7) is 6.03. The molecule has 0 unspecified atom stereocenters. The number of aromatic nitrogens is 2. The van der Waals surface area contributed by atoms with Crippen molar-refractivity contribution >= 4 is 0 Å². The van der Waals surface area contributed by atoms with Crippen LogP contribution in [0.5, 0.6) is 0 Å². The zero-order valence-corrected chi connectivity index (χ0v) is 8.05. The Labute approximate surface area is 73.6 Å². The maximum atomic E-state index is 5.43. The minimum atomic E-state index is -0.210. The van der Waals surface area contributed by atoms with Crippen molar-refractivity contribution in [1.82, 2.24) is 9.78 Å². The molecule has 1 aromatic heterocycles. The summed E-state index contributed by atoms with van der Waals surface area (Å²) in [5.41, 5.74) is 1.94. The van der Waals surface area contributed by atoms with Gasteiger partial charge in [0.05, 0.1) is 11.1 Å². The number of hydrogen-bond acceptors (Lipinski definition) is 1. The Morgan fingerprint density at radius 2 is 2.17 bits per heavy atom. The van der Waals surface area contributed by atoms with Gasteiger partial charge in [0.15, 0.2) is 0 Å². The van der Waals surface area contributed by atoms with Crippen LogP contribution in [0.4, 0.5) is 0 Å². The number of rotatable bonds is 1. The van der Waals surface area contributed by atoms with E-state index in [9.17, 15) is 0 Å². The highest BCUT2D eigenvalue weighted by Gasteiger charge is 2.21. The molecule has 0 spiro atoms. The maximum absolute atomic E-state index is 5.43. The summed E-state index contributed by atoms with van der Waals surface area (Å²) in [4.78, 5) is 0. The molecule has 12 heavy (non-hydrogen) atoms. The third kappa shape index (κ3) is 1.35. The highest BCUT2D eigenvalue weighted by molar-refractivity contribution is 5.33. The molecule has 2 heteroatoms. The fraction of sp³-hybridized carbons (Fsp3) is 0.500. The van der Waals surface area contributed by atoms with Gasteiger partial charge in [0.25, 0.3) is 0 Å². The van der Waals surface area contributed by atoms with Crippen molar-refractivity contribution in [3.8, 4) is 12.3 Å². The van der Waals surface area contributed by atoms with Crippen LogP contribution in [0.3, 0.4) is 0 Å². The lowest BCUT2D eigenvalue weighted by molar-refractivity contribution is 0.692. The second-order valence-electron chi connectivity index (χ2n) is 3.57. The first-order chi connectivity index (χ1) is 5.47. The SMILES string of the molecule is C#CC(C)(C)c1cn(C)nc1C. The van der Waals surface area contributed by atoms with E-state index >= 15 is 0 Å². The number of terminal acetylenes is 1. The van der Waals surface area contributed by atoms with Gasteiger partial charge in [-0.15, -0.1) is 6.42 Å². The zero-order chi connectivity index (χ0) is 9.35.